The summed E-state index contributed by atoms with van der Waals surface area (Å²) in [5, 5.41) is 2.50. The van der Waals surface area contributed by atoms with Crippen LogP contribution in [0.15, 0.2) is 45.0 Å². The summed E-state index contributed by atoms with van der Waals surface area (Å²) in [6.07, 6.45) is 1.71. The molecule has 0 bridgehead atoms. The second kappa shape index (κ2) is 8.57. The number of rotatable bonds is 2. The van der Waals surface area contributed by atoms with E-state index in [0.717, 1.165) is 5.19 Å². The first-order chi connectivity index (χ1) is 8.78. The van der Waals surface area contributed by atoms with Gasteiger partial charge in [0.05, 0.1) is 0 Å². The molecule has 1 N–H and O–H groups in total. The molecule has 0 saturated carbocycles. The van der Waals surface area contributed by atoms with Gasteiger partial charge in [0.25, 0.3) is 0 Å². The fourth-order valence-corrected chi connectivity index (χ4v) is 7.30. The van der Waals surface area contributed by atoms with Crippen LogP contribution in [0.5, 0.6) is 0 Å². The number of H-pyrrole nitrogens is 1. The van der Waals surface area contributed by atoms with Gasteiger partial charge in [-0.3, -0.25) is 4.79 Å². The van der Waals surface area contributed by atoms with E-state index < -0.39 is 8.07 Å². The second-order valence-corrected chi connectivity index (χ2v) is 10.4. The molecule has 2 rings (SSSR count). The Balaban J connectivity index is 0. The Morgan fingerprint density at radius 3 is 2.05 bits per heavy atom. The zero-order valence-corrected chi connectivity index (χ0v) is 17.7. The molecular formula is C16H23Cl2CrNOSi. The van der Waals surface area contributed by atoms with E-state index in [0.29, 0.717) is 5.92 Å². The van der Waals surface area contributed by atoms with Crippen LogP contribution in [0.4, 0.5) is 0 Å². The number of aromatic nitrogens is 1. The zero-order valence-electron chi connectivity index (χ0n) is 13.9. The molecule has 0 saturated heterocycles. The number of pyridine rings is 1. The van der Waals surface area contributed by atoms with Crippen molar-refractivity contribution < 1.29 is 42.2 Å². The van der Waals surface area contributed by atoms with E-state index in [9.17, 15) is 4.79 Å². The van der Waals surface area contributed by atoms with E-state index >= 15 is 0 Å². The third-order valence-electron chi connectivity index (χ3n) is 4.81. The predicted molar refractivity (Wildman–Crippen MR) is 84.4 cm³/mol. The molecule has 2 nitrogen and oxygen atoms in total. The van der Waals surface area contributed by atoms with Gasteiger partial charge >= 0.3 is 17.4 Å². The van der Waals surface area contributed by atoms with Crippen molar-refractivity contribution in [2.75, 3.05) is 0 Å². The van der Waals surface area contributed by atoms with Crippen molar-refractivity contribution in [1.29, 1.82) is 0 Å². The van der Waals surface area contributed by atoms with E-state index in [1.165, 1.54) is 21.9 Å². The maximum atomic E-state index is 12.1. The van der Waals surface area contributed by atoms with Gasteiger partial charge in [-0.1, -0.05) is 42.4 Å². The zero-order chi connectivity index (χ0) is 14.4. The fourth-order valence-electron chi connectivity index (χ4n) is 3.43. The maximum Gasteiger partial charge on any atom is 2.00 e. The number of halogens is 2. The maximum absolute atomic E-state index is 12.1. The van der Waals surface area contributed by atoms with Gasteiger partial charge in [-0.05, 0) is 38.3 Å². The number of aromatic amines is 1. The molecule has 1 aromatic rings. The molecule has 1 unspecified atom stereocenters. The summed E-state index contributed by atoms with van der Waals surface area (Å²) in [7, 11) is -1.91. The van der Waals surface area contributed by atoms with Crippen LogP contribution in [-0.4, -0.2) is 13.1 Å². The Morgan fingerprint density at radius 1 is 1.09 bits per heavy atom. The summed E-state index contributed by atoms with van der Waals surface area (Å²) in [6, 6.07) is 3.94. The van der Waals surface area contributed by atoms with E-state index in [2.05, 4.69) is 45.8 Å². The third kappa shape index (κ3) is 3.80. The number of hydrogen-bond acceptors (Lipinski definition) is 1. The van der Waals surface area contributed by atoms with E-state index in [1.807, 2.05) is 12.1 Å². The minimum Gasteiger partial charge on any atom is -1.00 e. The summed E-state index contributed by atoms with van der Waals surface area (Å²) in [5.41, 5.74) is 4.36. The van der Waals surface area contributed by atoms with Crippen LogP contribution >= 0.6 is 0 Å². The van der Waals surface area contributed by atoms with Crippen LogP contribution in [-0.2, 0) is 17.4 Å². The molecule has 0 spiro atoms. The molecule has 6 heteroatoms. The molecule has 22 heavy (non-hydrogen) atoms. The summed E-state index contributed by atoms with van der Waals surface area (Å²) >= 11 is 0. The van der Waals surface area contributed by atoms with Gasteiger partial charge in [-0.15, -0.1) is 0 Å². The first-order valence-electron chi connectivity index (χ1n) is 6.85. The average Bonchev–Trinajstić information content (AvgIpc) is 2.54. The van der Waals surface area contributed by atoms with Gasteiger partial charge in [0.15, 0.2) is 0 Å². The van der Waals surface area contributed by atoms with Crippen LogP contribution in [0.1, 0.15) is 27.7 Å². The molecule has 1 aromatic heterocycles. The number of nitrogens with one attached hydrogen (secondary N) is 1. The molecule has 1 heterocycles. The van der Waals surface area contributed by atoms with E-state index in [1.54, 1.807) is 6.20 Å². The largest absolute Gasteiger partial charge is 2.00 e. The SMILES string of the molecule is CC1=C(C)C(C)C([Si](C)(C)c2ccc[nH]c2=O)=C1C.[Cl-].[Cl-].[Cr+2]. The Labute approximate surface area is 157 Å². The number of hydrogen-bond donors (Lipinski definition) is 1. The van der Waals surface area contributed by atoms with E-state index in [4.69, 9.17) is 0 Å². The molecule has 122 valence electrons. The van der Waals surface area contributed by atoms with Gasteiger partial charge in [0.1, 0.15) is 8.07 Å². The minimum atomic E-state index is -1.91. The normalized spacial score (nSPS) is 17.6. The minimum absolute atomic E-state index is 0. The summed E-state index contributed by atoms with van der Waals surface area (Å²) < 4.78 is 0. The molecule has 0 aromatic carbocycles. The van der Waals surface area contributed by atoms with E-state index in [-0.39, 0.29) is 47.7 Å². The average molecular weight is 396 g/mol. The van der Waals surface area contributed by atoms with Crippen molar-refractivity contribution in [3.05, 3.63) is 50.6 Å². The monoisotopic (exact) mass is 395 g/mol. The molecule has 0 aliphatic heterocycles. The molecule has 1 atom stereocenters. The number of allylic oxidation sites excluding steroid dienone is 4. The fraction of sp³-hybridized carbons (Fsp3) is 0.438. The van der Waals surface area contributed by atoms with Gasteiger partial charge < -0.3 is 29.8 Å². The molecule has 0 fully saturated rings. The third-order valence-corrected chi connectivity index (χ3v) is 8.70. The summed E-state index contributed by atoms with van der Waals surface area (Å²) in [6.45, 7) is 13.5. The molecule has 0 radical (unpaired) electrons. The van der Waals surface area contributed by atoms with Gasteiger partial charge in [0.2, 0.25) is 5.56 Å². The van der Waals surface area contributed by atoms with Crippen molar-refractivity contribution in [3.8, 4) is 0 Å². The van der Waals surface area contributed by atoms with Crippen molar-refractivity contribution >= 4 is 13.3 Å². The molecular weight excluding hydrogens is 373 g/mol. The van der Waals surface area contributed by atoms with Crippen LogP contribution in [0.3, 0.4) is 0 Å². The topological polar surface area (TPSA) is 32.9 Å². The van der Waals surface area contributed by atoms with Gasteiger partial charge in [0, 0.05) is 11.4 Å². The van der Waals surface area contributed by atoms with Crippen LogP contribution in [0, 0.1) is 5.92 Å². The van der Waals surface area contributed by atoms with Crippen LogP contribution in [0.25, 0.3) is 0 Å². The first-order valence-corrected chi connectivity index (χ1v) is 9.85. The molecule has 1 aliphatic carbocycles. The molecule has 0 amide bonds. The van der Waals surface area contributed by atoms with Crippen LogP contribution in [0.2, 0.25) is 13.1 Å². The van der Waals surface area contributed by atoms with Crippen molar-refractivity contribution in [2.24, 2.45) is 5.92 Å². The Morgan fingerprint density at radius 2 is 1.64 bits per heavy atom. The summed E-state index contributed by atoms with van der Waals surface area (Å²) in [5.74, 6) is 0.473. The Hall–Kier alpha value is -0.241. The smallest absolute Gasteiger partial charge is 1.00 e. The Kier molecular flexibility index (Phi) is 9.35. The standard InChI is InChI=1S/C16H23NOSi.2ClH.Cr/c1-10-11(2)13(4)15(12(10)3)19(5,6)14-8-7-9-17-16(14)18;;;/h7-9,12H,1-6H3,(H,17,18);2*1H;/q;;;+2/p-2. The van der Waals surface area contributed by atoms with Crippen molar-refractivity contribution in [3.63, 3.8) is 0 Å². The second-order valence-electron chi connectivity index (χ2n) is 6.11. The van der Waals surface area contributed by atoms with Crippen molar-refractivity contribution in [2.45, 2.75) is 40.8 Å². The predicted octanol–water partition coefficient (Wildman–Crippen LogP) is -2.86. The quantitative estimate of drug-likeness (QED) is 0.536. The van der Waals surface area contributed by atoms with Gasteiger partial charge in [-0.2, -0.15) is 0 Å². The molecule has 1 aliphatic rings. The Bertz CT molecular complexity index is 650. The first kappa shape index (κ1) is 24.0. The van der Waals surface area contributed by atoms with Crippen LogP contribution < -0.4 is 35.6 Å². The van der Waals surface area contributed by atoms with Gasteiger partial charge in [-0.25, -0.2) is 0 Å². The van der Waals surface area contributed by atoms with Crippen molar-refractivity contribution in [1.82, 2.24) is 4.98 Å². The summed E-state index contributed by atoms with van der Waals surface area (Å²) in [4.78, 5) is 15.0.